The number of hydrogen-bond donors (Lipinski definition) is 2. The zero-order valence-electron chi connectivity index (χ0n) is 8.40. The van der Waals surface area contributed by atoms with Gasteiger partial charge in [0.1, 0.15) is 5.84 Å². The first-order chi connectivity index (χ1) is 7.24. The molecule has 7 heteroatoms. The van der Waals surface area contributed by atoms with Crippen molar-refractivity contribution in [2.45, 2.75) is 19.3 Å². The lowest BCUT2D eigenvalue weighted by Crippen LogP contribution is -2.38. The molecule has 1 unspecified atom stereocenters. The zero-order chi connectivity index (χ0) is 10.7. The number of rotatable bonds is 3. The molecule has 1 saturated heterocycles. The van der Waals surface area contributed by atoms with Gasteiger partial charge in [-0.2, -0.15) is 16.0 Å². The van der Waals surface area contributed by atoms with Crippen LogP contribution < -0.4 is 11.2 Å². The molecule has 0 aromatic rings. The van der Waals surface area contributed by atoms with Crippen LogP contribution in [0, 0.1) is 5.41 Å². The first-order valence-corrected chi connectivity index (χ1v) is 7.13. The van der Waals surface area contributed by atoms with Gasteiger partial charge in [0.15, 0.2) is 0 Å². The van der Waals surface area contributed by atoms with Crippen LogP contribution in [0.2, 0.25) is 0 Å². The molecule has 86 valence electrons. The number of nitrogens with two attached hydrogens (primary N) is 1. The van der Waals surface area contributed by atoms with Crippen molar-refractivity contribution in [2.75, 3.05) is 18.1 Å². The monoisotopic (exact) mass is 249 g/mol. The van der Waals surface area contributed by atoms with Crippen molar-refractivity contribution in [3.8, 4) is 0 Å². The van der Waals surface area contributed by atoms with Crippen LogP contribution in [0.1, 0.15) is 19.3 Å². The maximum absolute atomic E-state index is 10.9. The van der Waals surface area contributed by atoms with Gasteiger partial charge in [-0.05, 0) is 36.3 Å². The van der Waals surface area contributed by atoms with Crippen molar-refractivity contribution < 1.29 is 8.49 Å². The lowest BCUT2D eigenvalue weighted by molar-refractivity contribution is 0.261. The standard InChI is InChI=1S/C8H15N3O2S2/c9-6-8(1-3-14-4-2-8)5-7-10-13-15(12)11-7/h1-6,9H2,(H,10,11). The highest BCUT2D eigenvalue weighted by Gasteiger charge is 2.33. The van der Waals surface area contributed by atoms with E-state index in [2.05, 4.69) is 14.2 Å². The average Bonchev–Trinajstić information content (AvgIpc) is 2.65. The molecule has 2 aliphatic heterocycles. The summed E-state index contributed by atoms with van der Waals surface area (Å²) < 4.78 is 19.4. The smallest absolute Gasteiger partial charge is 0.309 e. The van der Waals surface area contributed by atoms with Gasteiger partial charge in [0.2, 0.25) is 0 Å². The summed E-state index contributed by atoms with van der Waals surface area (Å²) in [7, 11) is 0. The molecule has 0 aromatic carbocycles. The number of nitrogens with one attached hydrogen (secondary N) is 1. The second-order valence-electron chi connectivity index (χ2n) is 3.93. The fourth-order valence-corrected chi connectivity index (χ4v) is 3.74. The highest BCUT2D eigenvalue weighted by atomic mass is 32.2. The van der Waals surface area contributed by atoms with Crippen LogP contribution >= 0.6 is 11.8 Å². The van der Waals surface area contributed by atoms with Gasteiger partial charge in [-0.15, -0.1) is 4.40 Å². The highest BCUT2D eigenvalue weighted by Crippen LogP contribution is 2.37. The van der Waals surface area contributed by atoms with E-state index >= 15 is 0 Å². The molecule has 0 aromatic heterocycles. The van der Waals surface area contributed by atoms with Gasteiger partial charge in [-0.25, -0.2) is 9.69 Å². The van der Waals surface area contributed by atoms with Crippen LogP contribution in [0.4, 0.5) is 0 Å². The molecule has 0 amide bonds. The SMILES string of the molecule is NCC1(CC2=NS(=O)ON2)CCSCC1. The normalized spacial score (nSPS) is 29.7. The molecule has 0 radical (unpaired) electrons. The number of hydrogen-bond acceptors (Lipinski definition) is 5. The van der Waals surface area contributed by atoms with Gasteiger partial charge >= 0.3 is 11.3 Å². The zero-order valence-corrected chi connectivity index (χ0v) is 10.0. The van der Waals surface area contributed by atoms with Crippen LogP contribution in [0.5, 0.6) is 0 Å². The quantitative estimate of drug-likeness (QED) is 0.755. The molecule has 0 saturated carbocycles. The molecule has 3 N–H and O–H groups in total. The second-order valence-corrected chi connectivity index (χ2v) is 5.94. The van der Waals surface area contributed by atoms with Gasteiger partial charge in [0.05, 0.1) is 0 Å². The van der Waals surface area contributed by atoms with Gasteiger partial charge in [-0.1, -0.05) is 0 Å². The Labute approximate surface area is 96.0 Å². The third-order valence-corrected chi connectivity index (χ3v) is 4.53. The Kier molecular flexibility index (Phi) is 3.65. The number of amidine groups is 1. The third kappa shape index (κ3) is 2.72. The molecule has 2 rings (SSSR count). The Morgan fingerprint density at radius 2 is 2.33 bits per heavy atom. The van der Waals surface area contributed by atoms with E-state index in [1.165, 1.54) is 0 Å². The summed E-state index contributed by atoms with van der Waals surface area (Å²) in [5.41, 5.74) is 8.56. The minimum Gasteiger partial charge on any atom is -0.330 e. The molecule has 1 atom stereocenters. The molecule has 0 spiro atoms. The summed E-state index contributed by atoms with van der Waals surface area (Å²) >= 11 is 0.417. The van der Waals surface area contributed by atoms with Crippen molar-refractivity contribution in [2.24, 2.45) is 15.5 Å². The summed E-state index contributed by atoms with van der Waals surface area (Å²) in [6.07, 6.45) is 2.94. The van der Waals surface area contributed by atoms with Crippen molar-refractivity contribution in [3.05, 3.63) is 0 Å². The van der Waals surface area contributed by atoms with E-state index in [4.69, 9.17) is 5.73 Å². The van der Waals surface area contributed by atoms with Crippen molar-refractivity contribution in [3.63, 3.8) is 0 Å². The maximum atomic E-state index is 10.9. The number of nitrogens with zero attached hydrogens (tertiary/aromatic N) is 1. The van der Waals surface area contributed by atoms with Crippen molar-refractivity contribution in [1.82, 2.24) is 5.48 Å². The molecule has 0 aliphatic carbocycles. The van der Waals surface area contributed by atoms with E-state index in [1.807, 2.05) is 11.8 Å². The Hall–Kier alpha value is -0.110. The summed E-state index contributed by atoms with van der Waals surface area (Å²) in [5.74, 6) is 2.97. The van der Waals surface area contributed by atoms with Gasteiger partial charge in [-0.3, -0.25) is 0 Å². The molecule has 1 fully saturated rings. The molecule has 2 aliphatic rings. The molecule has 0 bridgehead atoms. The fraction of sp³-hybridized carbons (Fsp3) is 0.875. The maximum Gasteiger partial charge on any atom is 0.309 e. The average molecular weight is 249 g/mol. The molecule has 5 nitrogen and oxygen atoms in total. The summed E-state index contributed by atoms with van der Waals surface area (Å²) in [6, 6.07) is 0. The Morgan fingerprint density at radius 3 is 2.87 bits per heavy atom. The van der Waals surface area contributed by atoms with Gasteiger partial charge in [0.25, 0.3) is 0 Å². The summed E-state index contributed by atoms with van der Waals surface area (Å²) in [6.45, 7) is 0.654. The van der Waals surface area contributed by atoms with Crippen molar-refractivity contribution >= 4 is 28.9 Å². The Balaban J connectivity index is 2.00. The first kappa shape index (κ1) is 11.4. The van der Waals surface area contributed by atoms with Gasteiger partial charge in [0, 0.05) is 6.42 Å². The van der Waals surface area contributed by atoms with Crippen LogP contribution in [0.15, 0.2) is 4.40 Å². The first-order valence-electron chi connectivity index (χ1n) is 4.95. The number of hydroxylamine groups is 1. The molecular weight excluding hydrogens is 234 g/mol. The van der Waals surface area contributed by atoms with E-state index in [-0.39, 0.29) is 5.41 Å². The minimum absolute atomic E-state index is 0.120. The molecular formula is C8H15N3O2S2. The van der Waals surface area contributed by atoms with Crippen LogP contribution in [-0.4, -0.2) is 28.1 Å². The minimum atomic E-state index is -1.55. The van der Waals surface area contributed by atoms with E-state index in [0.29, 0.717) is 12.4 Å². The lowest BCUT2D eigenvalue weighted by Gasteiger charge is -2.35. The van der Waals surface area contributed by atoms with Crippen LogP contribution in [0.3, 0.4) is 0 Å². The predicted molar refractivity (Wildman–Crippen MR) is 62.5 cm³/mol. The van der Waals surface area contributed by atoms with Crippen molar-refractivity contribution in [1.29, 1.82) is 0 Å². The van der Waals surface area contributed by atoms with E-state index in [9.17, 15) is 4.21 Å². The summed E-state index contributed by atoms with van der Waals surface area (Å²) in [5, 5.41) is 0. The van der Waals surface area contributed by atoms with E-state index in [1.54, 1.807) is 0 Å². The highest BCUT2D eigenvalue weighted by molar-refractivity contribution is 7.99. The Bertz CT molecular complexity index is 290. The Morgan fingerprint density at radius 1 is 1.60 bits per heavy atom. The predicted octanol–water partition coefficient (Wildman–Crippen LogP) is 0.361. The lowest BCUT2D eigenvalue weighted by atomic mass is 9.78. The summed E-state index contributed by atoms with van der Waals surface area (Å²) in [4.78, 5) is 0. The fourth-order valence-electron chi connectivity index (χ4n) is 1.89. The second kappa shape index (κ2) is 4.82. The molecule has 2 heterocycles. The van der Waals surface area contributed by atoms with E-state index < -0.39 is 11.3 Å². The number of thioether (sulfide) groups is 1. The van der Waals surface area contributed by atoms with Crippen LogP contribution in [-0.2, 0) is 15.6 Å². The topological polar surface area (TPSA) is 76.7 Å². The van der Waals surface area contributed by atoms with Crippen LogP contribution in [0.25, 0.3) is 0 Å². The molecule has 15 heavy (non-hydrogen) atoms. The third-order valence-electron chi connectivity index (χ3n) is 2.94. The van der Waals surface area contributed by atoms with Gasteiger partial charge < -0.3 is 5.73 Å². The largest absolute Gasteiger partial charge is 0.330 e. The van der Waals surface area contributed by atoms with E-state index in [0.717, 1.165) is 30.8 Å².